The van der Waals surface area contributed by atoms with Gasteiger partial charge in [-0.3, -0.25) is 9.59 Å². The summed E-state index contributed by atoms with van der Waals surface area (Å²) in [6, 6.07) is 9.97. The third kappa shape index (κ3) is 4.30. The first-order chi connectivity index (χ1) is 11.2. The van der Waals surface area contributed by atoms with Gasteiger partial charge in [0.15, 0.2) is 11.6 Å². The van der Waals surface area contributed by atoms with Crippen LogP contribution in [0.3, 0.4) is 0 Å². The van der Waals surface area contributed by atoms with Crippen molar-refractivity contribution in [2.45, 2.75) is 59.0 Å². The number of aliphatic hydroxyl groups is 1. The third-order valence-corrected chi connectivity index (χ3v) is 4.65. The van der Waals surface area contributed by atoms with Crippen LogP contribution in [0.25, 0.3) is 0 Å². The molecule has 0 heterocycles. The van der Waals surface area contributed by atoms with Crippen molar-refractivity contribution in [1.29, 1.82) is 0 Å². The molecule has 1 aliphatic rings. The molecule has 1 N–H and O–H groups in total. The smallest absolute Gasteiger partial charge is 0.185 e. The molecule has 128 valence electrons. The van der Waals surface area contributed by atoms with Crippen molar-refractivity contribution in [3.63, 3.8) is 0 Å². The predicted octanol–water partition coefficient (Wildman–Crippen LogP) is 3.96. The summed E-state index contributed by atoms with van der Waals surface area (Å²) in [5, 5.41) is 9.98. The van der Waals surface area contributed by atoms with E-state index in [1.54, 1.807) is 27.7 Å². The summed E-state index contributed by atoms with van der Waals surface area (Å²) in [4.78, 5) is 25.4. The van der Waals surface area contributed by atoms with Crippen LogP contribution >= 0.6 is 0 Å². The van der Waals surface area contributed by atoms with E-state index in [0.29, 0.717) is 41.6 Å². The van der Waals surface area contributed by atoms with Crippen LogP contribution in [0.15, 0.2) is 52.6 Å². The second-order valence-corrected chi connectivity index (χ2v) is 7.16. The first kappa shape index (κ1) is 18.3. The number of carbonyl (C=O) groups is 2. The Balaban J connectivity index is 2.29. The van der Waals surface area contributed by atoms with Crippen LogP contribution in [-0.2, 0) is 16.0 Å². The molecule has 0 fully saturated rings. The van der Waals surface area contributed by atoms with Gasteiger partial charge in [0, 0.05) is 22.3 Å². The standard InChI is InChI=1S/C21H26O3/c1-14-15(2)20(23)18(12-13-21(3,4)24)17(19(14)22)11-10-16-8-6-5-7-9-16/h5-9,24H,10-13H2,1-4H3. The Morgan fingerprint density at radius 1 is 0.833 bits per heavy atom. The minimum atomic E-state index is -0.856. The summed E-state index contributed by atoms with van der Waals surface area (Å²) in [6.07, 6.45) is 2.18. The highest BCUT2D eigenvalue weighted by molar-refractivity contribution is 6.24. The molecule has 0 aliphatic heterocycles. The number of allylic oxidation sites excluding steroid dienone is 4. The summed E-state index contributed by atoms with van der Waals surface area (Å²) in [7, 11) is 0. The van der Waals surface area contributed by atoms with Gasteiger partial charge in [0.05, 0.1) is 5.60 Å². The monoisotopic (exact) mass is 326 g/mol. The highest BCUT2D eigenvalue weighted by Gasteiger charge is 2.30. The lowest BCUT2D eigenvalue weighted by atomic mass is 9.80. The van der Waals surface area contributed by atoms with Gasteiger partial charge in [0.25, 0.3) is 0 Å². The summed E-state index contributed by atoms with van der Waals surface area (Å²) < 4.78 is 0. The zero-order valence-corrected chi connectivity index (χ0v) is 15.0. The molecule has 0 unspecified atom stereocenters. The van der Waals surface area contributed by atoms with Crippen LogP contribution in [0.2, 0.25) is 0 Å². The van der Waals surface area contributed by atoms with Gasteiger partial charge in [0.1, 0.15) is 0 Å². The largest absolute Gasteiger partial charge is 0.390 e. The number of Topliss-reactive ketones (excluding diaryl/α,β-unsaturated/α-hetero) is 2. The van der Waals surface area contributed by atoms with Crippen molar-refractivity contribution < 1.29 is 14.7 Å². The molecule has 0 amide bonds. The second-order valence-electron chi connectivity index (χ2n) is 7.16. The Kier molecular flexibility index (Phi) is 5.55. The van der Waals surface area contributed by atoms with Gasteiger partial charge in [-0.15, -0.1) is 0 Å². The first-order valence-electron chi connectivity index (χ1n) is 8.46. The Morgan fingerprint density at radius 3 is 1.83 bits per heavy atom. The van der Waals surface area contributed by atoms with E-state index in [4.69, 9.17) is 0 Å². The maximum Gasteiger partial charge on any atom is 0.185 e. The molecule has 1 aliphatic carbocycles. The van der Waals surface area contributed by atoms with Gasteiger partial charge in [-0.05, 0) is 58.9 Å². The zero-order chi connectivity index (χ0) is 17.9. The summed E-state index contributed by atoms with van der Waals surface area (Å²) in [6.45, 7) is 6.89. The molecule has 3 heteroatoms. The Hall–Kier alpha value is -2.00. The van der Waals surface area contributed by atoms with Crippen LogP contribution < -0.4 is 0 Å². The molecule has 0 atom stereocenters. The molecule has 0 bridgehead atoms. The maximum absolute atomic E-state index is 12.7. The van der Waals surface area contributed by atoms with Crippen molar-refractivity contribution in [1.82, 2.24) is 0 Å². The van der Waals surface area contributed by atoms with Crippen LogP contribution in [0.1, 0.15) is 52.5 Å². The fourth-order valence-electron chi connectivity index (χ4n) is 2.94. The number of aryl methyl sites for hydroxylation is 1. The van der Waals surface area contributed by atoms with Crippen LogP contribution in [0.5, 0.6) is 0 Å². The molecule has 24 heavy (non-hydrogen) atoms. The molecule has 3 nitrogen and oxygen atoms in total. The summed E-state index contributed by atoms with van der Waals surface area (Å²) in [5.74, 6) is -0.0619. The van der Waals surface area contributed by atoms with Gasteiger partial charge in [-0.25, -0.2) is 0 Å². The molecule has 0 radical (unpaired) electrons. The molecule has 1 aromatic carbocycles. The molecule has 0 saturated heterocycles. The molecule has 0 spiro atoms. The minimum absolute atomic E-state index is 0.0197. The average Bonchev–Trinajstić information content (AvgIpc) is 2.54. The lowest BCUT2D eigenvalue weighted by Crippen LogP contribution is -2.25. The van der Waals surface area contributed by atoms with E-state index in [1.807, 2.05) is 30.3 Å². The highest BCUT2D eigenvalue weighted by atomic mass is 16.3. The quantitative estimate of drug-likeness (QED) is 0.805. The number of rotatable bonds is 6. The fraction of sp³-hybridized carbons (Fsp3) is 0.429. The van der Waals surface area contributed by atoms with Crippen molar-refractivity contribution in [3.05, 3.63) is 58.2 Å². The Morgan fingerprint density at radius 2 is 1.33 bits per heavy atom. The van der Waals surface area contributed by atoms with Crippen LogP contribution in [0, 0.1) is 0 Å². The lowest BCUT2D eigenvalue weighted by Gasteiger charge is -2.23. The van der Waals surface area contributed by atoms with Crippen molar-refractivity contribution in [2.75, 3.05) is 0 Å². The van der Waals surface area contributed by atoms with E-state index in [9.17, 15) is 14.7 Å². The third-order valence-electron chi connectivity index (χ3n) is 4.65. The number of hydrogen-bond acceptors (Lipinski definition) is 3. The number of ketones is 2. The van der Waals surface area contributed by atoms with E-state index in [-0.39, 0.29) is 11.6 Å². The Bertz CT molecular complexity index is 700. The van der Waals surface area contributed by atoms with E-state index in [0.717, 1.165) is 12.0 Å². The van der Waals surface area contributed by atoms with E-state index < -0.39 is 5.60 Å². The van der Waals surface area contributed by atoms with Crippen molar-refractivity contribution in [2.24, 2.45) is 0 Å². The number of hydrogen-bond donors (Lipinski definition) is 1. The van der Waals surface area contributed by atoms with Crippen molar-refractivity contribution in [3.8, 4) is 0 Å². The second kappa shape index (κ2) is 7.27. The fourth-order valence-corrected chi connectivity index (χ4v) is 2.94. The predicted molar refractivity (Wildman–Crippen MR) is 95.7 cm³/mol. The average molecular weight is 326 g/mol. The van der Waals surface area contributed by atoms with Gasteiger partial charge in [-0.1, -0.05) is 30.3 Å². The summed E-state index contributed by atoms with van der Waals surface area (Å²) in [5.41, 5.74) is 2.59. The molecule has 1 aromatic rings. The molecule has 2 rings (SSSR count). The maximum atomic E-state index is 12.7. The topological polar surface area (TPSA) is 54.4 Å². The van der Waals surface area contributed by atoms with Gasteiger partial charge >= 0.3 is 0 Å². The summed E-state index contributed by atoms with van der Waals surface area (Å²) >= 11 is 0. The molecule has 0 saturated carbocycles. The van der Waals surface area contributed by atoms with Crippen molar-refractivity contribution >= 4 is 11.6 Å². The molecular weight excluding hydrogens is 300 g/mol. The number of carbonyl (C=O) groups excluding carboxylic acids is 2. The highest BCUT2D eigenvalue weighted by Crippen LogP contribution is 2.31. The van der Waals surface area contributed by atoms with E-state index in [1.165, 1.54) is 0 Å². The van der Waals surface area contributed by atoms with Gasteiger partial charge in [-0.2, -0.15) is 0 Å². The lowest BCUT2D eigenvalue weighted by molar-refractivity contribution is -0.116. The van der Waals surface area contributed by atoms with E-state index in [2.05, 4.69) is 0 Å². The Labute approximate surface area is 144 Å². The van der Waals surface area contributed by atoms with Crippen LogP contribution in [0.4, 0.5) is 0 Å². The normalized spacial score (nSPS) is 16.2. The number of benzene rings is 1. The van der Waals surface area contributed by atoms with Gasteiger partial charge < -0.3 is 5.11 Å². The van der Waals surface area contributed by atoms with Gasteiger partial charge in [0.2, 0.25) is 0 Å². The molecule has 0 aromatic heterocycles. The van der Waals surface area contributed by atoms with E-state index >= 15 is 0 Å². The minimum Gasteiger partial charge on any atom is -0.390 e. The van der Waals surface area contributed by atoms with Crippen LogP contribution in [-0.4, -0.2) is 22.3 Å². The SMILES string of the molecule is CC1=C(C)C(=O)C(CCC(C)(C)O)=C(CCc2ccccc2)C1=O. The first-order valence-corrected chi connectivity index (χ1v) is 8.46. The molecular formula is C21H26O3. The zero-order valence-electron chi connectivity index (χ0n) is 15.0.